The number of nitrogens with one attached hydrogen (secondary N) is 1. The average Bonchev–Trinajstić information content (AvgIpc) is 2.33. The van der Waals surface area contributed by atoms with Gasteiger partial charge in [-0.1, -0.05) is 32.0 Å². The van der Waals surface area contributed by atoms with Crippen LogP contribution >= 0.6 is 0 Å². The first kappa shape index (κ1) is 13.6. The van der Waals surface area contributed by atoms with Gasteiger partial charge in [-0.15, -0.1) is 0 Å². The van der Waals surface area contributed by atoms with Crippen LogP contribution in [-0.2, 0) is 9.84 Å². The molecule has 0 fully saturated rings. The van der Waals surface area contributed by atoms with Crippen molar-refractivity contribution < 1.29 is 8.42 Å². The van der Waals surface area contributed by atoms with Crippen molar-refractivity contribution in [3.8, 4) is 0 Å². The maximum atomic E-state index is 12.0. The third-order valence-electron chi connectivity index (χ3n) is 3.77. The zero-order valence-corrected chi connectivity index (χ0v) is 12.0. The van der Waals surface area contributed by atoms with Gasteiger partial charge in [-0.2, -0.15) is 0 Å². The molecule has 1 N–H and O–H groups in total. The monoisotopic (exact) mass is 267 g/mol. The van der Waals surface area contributed by atoms with Crippen LogP contribution in [0.15, 0.2) is 29.2 Å². The Hall–Kier alpha value is -0.870. The van der Waals surface area contributed by atoms with E-state index in [1.54, 1.807) is 12.1 Å². The highest BCUT2D eigenvalue weighted by molar-refractivity contribution is 7.91. The van der Waals surface area contributed by atoms with Gasteiger partial charge in [-0.3, -0.25) is 0 Å². The van der Waals surface area contributed by atoms with E-state index < -0.39 is 9.84 Å². The normalized spacial score (nSPS) is 23.7. The van der Waals surface area contributed by atoms with Crippen LogP contribution in [0, 0.1) is 5.92 Å². The van der Waals surface area contributed by atoms with Gasteiger partial charge in [0, 0.05) is 12.1 Å². The van der Waals surface area contributed by atoms with E-state index in [9.17, 15) is 8.42 Å². The van der Waals surface area contributed by atoms with E-state index in [0.29, 0.717) is 23.3 Å². The summed E-state index contributed by atoms with van der Waals surface area (Å²) >= 11 is 0. The highest BCUT2D eigenvalue weighted by Gasteiger charge is 2.30. The van der Waals surface area contributed by atoms with Crippen molar-refractivity contribution in [3.05, 3.63) is 29.8 Å². The standard InChI is InChI=1S/C14H21NO2S/c1-10(2)11(3)15-13-8-9-18(16,17)14-7-5-4-6-12(13)14/h4-7,10-11,13,15H,8-9H2,1-3H3. The van der Waals surface area contributed by atoms with Crippen molar-refractivity contribution >= 4 is 9.84 Å². The van der Waals surface area contributed by atoms with Crippen LogP contribution in [0.5, 0.6) is 0 Å². The van der Waals surface area contributed by atoms with E-state index >= 15 is 0 Å². The van der Waals surface area contributed by atoms with Crippen molar-refractivity contribution in [2.45, 2.75) is 44.2 Å². The summed E-state index contributed by atoms with van der Waals surface area (Å²) in [4.78, 5) is 0.504. The Morgan fingerprint density at radius 3 is 2.56 bits per heavy atom. The summed E-state index contributed by atoms with van der Waals surface area (Å²) in [6, 6.07) is 7.89. The summed E-state index contributed by atoms with van der Waals surface area (Å²) in [5, 5.41) is 3.55. The Bertz CT molecular complexity index is 522. The Morgan fingerprint density at radius 2 is 1.89 bits per heavy atom. The molecule has 18 heavy (non-hydrogen) atoms. The maximum Gasteiger partial charge on any atom is 0.178 e. The van der Waals surface area contributed by atoms with Gasteiger partial charge in [0.1, 0.15) is 0 Å². The van der Waals surface area contributed by atoms with Crippen molar-refractivity contribution in [3.63, 3.8) is 0 Å². The highest BCUT2D eigenvalue weighted by atomic mass is 32.2. The van der Waals surface area contributed by atoms with Gasteiger partial charge >= 0.3 is 0 Å². The Kier molecular flexibility index (Phi) is 3.78. The summed E-state index contributed by atoms with van der Waals surface area (Å²) < 4.78 is 24.0. The van der Waals surface area contributed by atoms with Crippen LogP contribution in [0.2, 0.25) is 0 Å². The molecule has 1 aliphatic heterocycles. The summed E-state index contributed by atoms with van der Waals surface area (Å²) in [6.45, 7) is 6.49. The predicted molar refractivity (Wildman–Crippen MR) is 73.3 cm³/mol. The Labute approximate surface area is 110 Å². The molecule has 0 bridgehead atoms. The zero-order chi connectivity index (χ0) is 13.3. The second kappa shape index (κ2) is 5.02. The second-order valence-corrected chi connectivity index (χ2v) is 7.47. The number of fused-ring (bicyclic) bond motifs is 1. The van der Waals surface area contributed by atoms with Gasteiger partial charge in [-0.05, 0) is 30.9 Å². The van der Waals surface area contributed by atoms with Crippen LogP contribution in [0.1, 0.15) is 38.8 Å². The smallest absolute Gasteiger partial charge is 0.178 e. The van der Waals surface area contributed by atoms with Gasteiger partial charge in [0.05, 0.1) is 10.6 Å². The first-order valence-corrected chi connectivity index (χ1v) is 8.15. The predicted octanol–water partition coefficient (Wildman–Crippen LogP) is 2.54. The fourth-order valence-electron chi connectivity index (χ4n) is 2.27. The van der Waals surface area contributed by atoms with E-state index in [1.807, 2.05) is 12.1 Å². The molecule has 100 valence electrons. The van der Waals surface area contributed by atoms with E-state index in [1.165, 1.54) is 0 Å². The Morgan fingerprint density at radius 1 is 1.22 bits per heavy atom. The van der Waals surface area contributed by atoms with Crippen molar-refractivity contribution in [1.29, 1.82) is 0 Å². The molecular weight excluding hydrogens is 246 g/mol. The minimum absolute atomic E-state index is 0.155. The molecule has 0 saturated heterocycles. The molecule has 2 atom stereocenters. The lowest BCUT2D eigenvalue weighted by molar-refractivity contribution is 0.364. The van der Waals surface area contributed by atoms with Crippen molar-refractivity contribution in [1.82, 2.24) is 5.32 Å². The van der Waals surface area contributed by atoms with Crippen LogP contribution in [0.3, 0.4) is 0 Å². The molecule has 2 unspecified atom stereocenters. The van der Waals surface area contributed by atoms with E-state index in [2.05, 4.69) is 26.1 Å². The first-order chi connectivity index (χ1) is 8.42. The minimum atomic E-state index is -3.07. The topological polar surface area (TPSA) is 46.2 Å². The van der Waals surface area contributed by atoms with Crippen LogP contribution in [0.4, 0.5) is 0 Å². The third-order valence-corrected chi connectivity index (χ3v) is 5.58. The fraction of sp³-hybridized carbons (Fsp3) is 0.571. The molecule has 0 radical (unpaired) electrons. The molecule has 0 aliphatic carbocycles. The summed E-state index contributed by atoms with van der Waals surface area (Å²) in [6.07, 6.45) is 0.663. The van der Waals surface area contributed by atoms with Crippen molar-refractivity contribution in [2.75, 3.05) is 5.75 Å². The van der Waals surface area contributed by atoms with Crippen molar-refractivity contribution in [2.24, 2.45) is 5.92 Å². The molecule has 1 aromatic carbocycles. The SMILES string of the molecule is CC(C)C(C)NC1CCS(=O)(=O)c2ccccc21. The van der Waals surface area contributed by atoms with Gasteiger partial charge in [-0.25, -0.2) is 8.42 Å². The molecule has 0 saturated carbocycles. The largest absolute Gasteiger partial charge is 0.307 e. The molecule has 1 aromatic rings. The second-order valence-electron chi connectivity index (χ2n) is 5.40. The molecule has 3 nitrogen and oxygen atoms in total. The molecule has 0 amide bonds. The lowest BCUT2D eigenvalue weighted by Gasteiger charge is -2.30. The van der Waals surface area contributed by atoms with Gasteiger partial charge in [0.15, 0.2) is 9.84 Å². The highest BCUT2D eigenvalue weighted by Crippen LogP contribution is 2.32. The zero-order valence-electron chi connectivity index (χ0n) is 11.2. The summed E-state index contributed by atoms with van der Waals surface area (Å²) in [5.74, 6) is 0.780. The summed E-state index contributed by atoms with van der Waals surface area (Å²) in [5.41, 5.74) is 0.927. The third kappa shape index (κ3) is 2.59. The maximum absolute atomic E-state index is 12.0. The van der Waals surface area contributed by atoms with Crippen LogP contribution in [-0.4, -0.2) is 20.2 Å². The molecule has 2 rings (SSSR count). The van der Waals surface area contributed by atoms with Gasteiger partial charge in [0.25, 0.3) is 0 Å². The first-order valence-electron chi connectivity index (χ1n) is 6.49. The Balaban J connectivity index is 2.32. The number of sulfone groups is 1. The van der Waals surface area contributed by atoms with Crippen LogP contribution in [0.25, 0.3) is 0 Å². The van der Waals surface area contributed by atoms with E-state index in [4.69, 9.17) is 0 Å². The molecule has 0 aromatic heterocycles. The number of benzene rings is 1. The van der Waals surface area contributed by atoms with E-state index in [0.717, 1.165) is 5.56 Å². The number of rotatable bonds is 3. The van der Waals surface area contributed by atoms with Gasteiger partial charge < -0.3 is 5.32 Å². The lowest BCUT2D eigenvalue weighted by atomic mass is 9.99. The average molecular weight is 267 g/mol. The molecule has 4 heteroatoms. The fourth-order valence-corrected chi connectivity index (χ4v) is 3.89. The molecule has 1 aliphatic rings. The number of hydrogen-bond donors (Lipinski definition) is 1. The number of hydrogen-bond acceptors (Lipinski definition) is 3. The molecule has 0 spiro atoms. The quantitative estimate of drug-likeness (QED) is 0.915. The van der Waals surface area contributed by atoms with Gasteiger partial charge in [0.2, 0.25) is 0 Å². The minimum Gasteiger partial charge on any atom is -0.307 e. The molecular formula is C14H21NO2S. The summed E-state index contributed by atoms with van der Waals surface area (Å²) in [7, 11) is -3.07. The molecule has 1 heterocycles. The lowest BCUT2D eigenvalue weighted by Crippen LogP contribution is -2.37. The van der Waals surface area contributed by atoms with Crippen LogP contribution < -0.4 is 5.32 Å². The van der Waals surface area contributed by atoms with E-state index in [-0.39, 0.29) is 11.8 Å².